The molecule has 3 amide bonds. The summed E-state index contributed by atoms with van der Waals surface area (Å²) >= 11 is 0. The van der Waals surface area contributed by atoms with Crippen molar-refractivity contribution in [3.8, 4) is 0 Å². The van der Waals surface area contributed by atoms with Crippen molar-refractivity contribution >= 4 is 23.3 Å². The lowest BCUT2D eigenvalue weighted by molar-refractivity contribution is -0.116. The van der Waals surface area contributed by atoms with Crippen LogP contribution in [0, 0.1) is 18.6 Å². The van der Waals surface area contributed by atoms with Crippen molar-refractivity contribution in [1.82, 2.24) is 4.90 Å². The molecule has 0 atom stereocenters. The zero-order chi connectivity index (χ0) is 18.0. The Morgan fingerprint density at radius 1 is 1.08 bits per heavy atom. The number of nitrogens with one attached hydrogen (secondary N) is 1. The fourth-order valence-electron chi connectivity index (χ4n) is 2.63. The maximum Gasteiger partial charge on any atom is 0.325 e. The number of carbonyl (C=O) groups is 2. The number of hydrogen-bond acceptors (Lipinski definition) is 2. The van der Waals surface area contributed by atoms with Gasteiger partial charge in [-0.3, -0.25) is 9.69 Å². The lowest BCUT2D eigenvalue weighted by Crippen LogP contribution is -2.37. The zero-order valence-electron chi connectivity index (χ0n) is 13.6. The van der Waals surface area contributed by atoms with Crippen molar-refractivity contribution in [2.24, 2.45) is 0 Å². The predicted molar refractivity (Wildman–Crippen MR) is 90.5 cm³/mol. The summed E-state index contributed by atoms with van der Waals surface area (Å²) in [6, 6.07) is 10.2. The van der Waals surface area contributed by atoms with E-state index in [9.17, 15) is 18.4 Å². The Labute approximate surface area is 143 Å². The van der Waals surface area contributed by atoms with Gasteiger partial charge in [0.25, 0.3) is 0 Å². The van der Waals surface area contributed by atoms with E-state index in [1.165, 1.54) is 15.9 Å². The first kappa shape index (κ1) is 16.9. The quantitative estimate of drug-likeness (QED) is 0.925. The minimum Gasteiger partial charge on any atom is -0.325 e. The molecular formula is C18H17F2N3O2. The zero-order valence-corrected chi connectivity index (χ0v) is 13.6. The monoisotopic (exact) mass is 345 g/mol. The van der Waals surface area contributed by atoms with Gasteiger partial charge >= 0.3 is 6.03 Å². The molecule has 3 rings (SSSR count). The Kier molecular flexibility index (Phi) is 4.65. The molecule has 1 N–H and O–H groups in total. The van der Waals surface area contributed by atoms with Crippen molar-refractivity contribution in [2.75, 3.05) is 29.9 Å². The van der Waals surface area contributed by atoms with E-state index in [2.05, 4.69) is 5.32 Å². The third-order valence-corrected chi connectivity index (χ3v) is 3.98. The first-order valence-electron chi connectivity index (χ1n) is 7.82. The number of anilines is 2. The third kappa shape index (κ3) is 3.76. The molecule has 1 aliphatic heterocycles. The van der Waals surface area contributed by atoms with Gasteiger partial charge in [-0.05, 0) is 31.2 Å². The molecule has 130 valence electrons. The van der Waals surface area contributed by atoms with E-state index in [1.807, 2.05) is 19.1 Å². The SMILES string of the molecule is Cc1ccc(NC(=O)CN2CCN(c3ccc(F)c(F)c3)C2=O)cc1. The molecule has 0 spiro atoms. The second-order valence-electron chi connectivity index (χ2n) is 5.87. The maximum absolute atomic E-state index is 13.3. The van der Waals surface area contributed by atoms with Crippen LogP contribution in [0.2, 0.25) is 0 Å². The number of rotatable bonds is 4. The minimum atomic E-state index is -1.01. The van der Waals surface area contributed by atoms with Crippen LogP contribution in [0.5, 0.6) is 0 Å². The highest BCUT2D eigenvalue weighted by atomic mass is 19.2. The van der Waals surface area contributed by atoms with E-state index in [0.29, 0.717) is 18.8 Å². The molecule has 1 fully saturated rings. The molecule has 1 heterocycles. The van der Waals surface area contributed by atoms with Gasteiger partial charge in [-0.2, -0.15) is 0 Å². The predicted octanol–water partition coefficient (Wildman–Crippen LogP) is 3.15. The Hall–Kier alpha value is -2.96. The van der Waals surface area contributed by atoms with Gasteiger partial charge in [0.15, 0.2) is 11.6 Å². The summed E-state index contributed by atoms with van der Waals surface area (Å²) in [4.78, 5) is 27.2. The van der Waals surface area contributed by atoms with Crippen LogP contribution in [-0.4, -0.2) is 36.5 Å². The number of benzene rings is 2. The van der Waals surface area contributed by atoms with Crippen LogP contribution in [0.15, 0.2) is 42.5 Å². The average Bonchev–Trinajstić information content (AvgIpc) is 2.93. The van der Waals surface area contributed by atoms with Crippen LogP contribution < -0.4 is 10.2 Å². The molecule has 5 nitrogen and oxygen atoms in total. The van der Waals surface area contributed by atoms with Crippen molar-refractivity contribution in [1.29, 1.82) is 0 Å². The van der Waals surface area contributed by atoms with Gasteiger partial charge in [-0.15, -0.1) is 0 Å². The van der Waals surface area contributed by atoms with Crippen LogP contribution >= 0.6 is 0 Å². The van der Waals surface area contributed by atoms with Gasteiger partial charge in [-0.25, -0.2) is 13.6 Å². The molecular weight excluding hydrogens is 328 g/mol. The molecule has 2 aromatic carbocycles. The Morgan fingerprint density at radius 3 is 2.48 bits per heavy atom. The molecule has 7 heteroatoms. The first-order chi connectivity index (χ1) is 11.9. The molecule has 2 aromatic rings. The van der Waals surface area contributed by atoms with Crippen LogP contribution in [0.1, 0.15) is 5.56 Å². The second kappa shape index (κ2) is 6.88. The topological polar surface area (TPSA) is 52.7 Å². The fourth-order valence-corrected chi connectivity index (χ4v) is 2.63. The molecule has 25 heavy (non-hydrogen) atoms. The summed E-state index contributed by atoms with van der Waals surface area (Å²) in [7, 11) is 0. The number of urea groups is 1. The minimum absolute atomic E-state index is 0.104. The van der Waals surface area contributed by atoms with E-state index in [-0.39, 0.29) is 18.1 Å². The van der Waals surface area contributed by atoms with Gasteiger partial charge in [0.1, 0.15) is 6.54 Å². The van der Waals surface area contributed by atoms with Crippen molar-refractivity contribution in [3.63, 3.8) is 0 Å². The smallest absolute Gasteiger partial charge is 0.325 e. The van der Waals surface area contributed by atoms with Gasteiger partial charge in [0, 0.05) is 30.5 Å². The normalized spacial score (nSPS) is 14.1. The largest absolute Gasteiger partial charge is 0.325 e. The summed E-state index contributed by atoms with van der Waals surface area (Å²) in [6.07, 6.45) is 0. The van der Waals surface area contributed by atoms with E-state index in [4.69, 9.17) is 0 Å². The summed E-state index contributed by atoms with van der Waals surface area (Å²) in [5.74, 6) is -2.30. The average molecular weight is 345 g/mol. The number of nitrogens with zero attached hydrogens (tertiary/aromatic N) is 2. The second-order valence-corrected chi connectivity index (χ2v) is 5.87. The van der Waals surface area contributed by atoms with Crippen molar-refractivity contribution in [2.45, 2.75) is 6.92 Å². The van der Waals surface area contributed by atoms with Gasteiger partial charge in [0.2, 0.25) is 5.91 Å². The van der Waals surface area contributed by atoms with E-state index in [1.54, 1.807) is 12.1 Å². The van der Waals surface area contributed by atoms with Gasteiger partial charge < -0.3 is 10.2 Å². The highest BCUT2D eigenvalue weighted by molar-refractivity contribution is 5.99. The summed E-state index contributed by atoms with van der Waals surface area (Å²) < 4.78 is 26.4. The van der Waals surface area contributed by atoms with Crippen LogP contribution in [0.25, 0.3) is 0 Å². The molecule has 0 unspecified atom stereocenters. The molecule has 0 radical (unpaired) electrons. The standard InChI is InChI=1S/C18H17F2N3O2/c1-12-2-4-13(5-3-12)21-17(24)11-22-8-9-23(18(22)25)14-6-7-15(19)16(20)10-14/h2-7,10H,8-9,11H2,1H3,(H,21,24). The highest BCUT2D eigenvalue weighted by Crippen LogP contribution is 2.22. The number of aryl methyl sites for hydroxylation is 1. The molecule has 1 saturated heterocycles. The fraction of sp³-hybridized carbons (Fsp3) is 0.222. The molecule has 0 aliphatic carbocycles. The van der Waals surface area contributed by atoms with Gasteiger partial charge in [-0.1, -0.05) is 17.7 Å². The lowest BCUT2D eigenvalue weighted by atomic mass is 10.2. The Balaban J connectivity index is 1.62. The molecule has 1 aliphatic rings. The van der Waals surface area contributed by atoms with E-state index >= 15 is 0 Å². The van der Waals surface area contributed by atoms with Crippen LogP contribution in [-0.2, 0) is 4.79 Å². The Morgan fingerprint density at radius 2 is 1.80 bits per heavy atom. The van der Waals surface area contributed by atoms with E-state index < -0.39 is 17.7 Å². The number of amides is 3. The summed E-state index contributed by atoms with van der Waals surface area (Å²) in [6.45, 7) is 2.48. The van der Waals surface area contributed by atoms with Gasteiger partial charge in [0.05, 0.1) is 0 Å². The van der Waals surface area contributed by atoms with E-state index in [0.717, 1.165) is 17.7 Å². The first-order valence-corrected chi connectivity index (χ1v) is 7.82. The van der Waals surface area contributed by atoms with Crippen molar-refractivity contribution in [3.05, 3.63) is 59.7 Å². The molecule has 0 bridgehead atoms. The summed E-state index contributed by atoms with van der Waals surface area (Å²) in [5, 5.41) is 2.73. The lowest BCUT2D eigenvalue weighted by Gasteiger charge is -2.18. The van der Waals surface area contributed by atoms with Crippen molar-refractivity contribution < 1.29 is 18.4 Å². The van der Waals surface area contributed by atoms with Crippen LogP contribution in [0.4, 0.5) is 25.0 Å². The number of carbonyl (C=O) groups excluding carboxylic acids is 2. The summed E-state index contributed by atoms with van der Waals surface area (Å²) in [5.41, 5.74) is 2.00. The molecule has 0 saturated carbocycles. The third-order valence-electron chi connectivity index (χ3n) is 3.98. The van der Waals surface area contributed by atoms with Crippen LogP contribution in [0.3, 0.4) is 0 Å². The molecule has 0 aromatic heterocycles. The number of hydrogen-bond donors (Lipinski definition) is 1. The Bertz CT molecular complexity index is 808. The highest BCUT2D eigenvalue weighted by Gasteiger charge is 2.31. The maximum atomic E-state index is 13.3. The number of halogens is 2.